The van der Waals surface area contributed by atoms with E-state index >= 15 is 0 Å². The molecule has 0 amide bonds. The van der Waals surface area contributed by atoms with Crippen molar-refractivity contribution in [3.8, 4) is 0 Å². The minimum Gasteiger partial charge on any atom is -0.462 e. The van der Waals surface area contributed by atoms with E-state index in [9.17, 15) is 13.2 Å². The normalized spacial score (nSPS) is 11.2. The maximum atomic E-state index is 11.9. The summed E-state index contributed by atoms with van der Waals surface area (Å²) < 4.78 is 28.1. The van der Waals surface area contributed by atoms with Crippen molar-refractivity contribution in [2.45, 2.75) is 18.7 Å². The van der Waals surface area contributed by atoms with Crippen molar-refractivity contribution < 1.29 is 22.8 Å². The topological polar surface area (TPSA) is 81.7 Å². The van der Waals surface area contributed by atoms with E-state index in [1.54, 1.807) is 13.8 Å². The molecule has 0 bridgehead atoms. The van der Waals surface area contributed by atoms with Gasteiger partial charge in [-0.3, -0.25) is 10.3 Å². The van der Waals surface area contributed by atoms with Crippen molar-refractivity contribution in [3.05, 3.63) is 23.3 Å². The molecular weight excluding hydrogens is 270 g/mol. The highest BCUT2D eigenvalue weighted by atomic mass is 32.2. The smallest absolute Gasteiger partial charge is 0.340 e. The lowest BCUT2D eigenvalue weighted by Gasteiger charge is -2.14. The first-order chi connectivity index (χ1) is 8.81. The zero-order chi connectivity index (χ0) is 14.6. The van der Waals surface area contributed by atoms with Gasteiger partial charge in [-0.1, -0.05) is 0 Å². The van der Waals surface area contributed by atoms with Crippen LogP contribution >= 0.6 is 0 Å². The molecule has 1 aromatic rings. The second-order valence-electron chi connectivity index (χ2n) is 3.96. The van der Waals surface area contributed by atoms with E-state index in [0.29, 0.717) is 5.56 Å². The van der Waals surface area contributed by atoms with Crippen LogP contribution in [-0.4, -0.2) is 34.4 Å². The van der Waals surface area contributed by atoms with Crippen molar-refractivity contribution >= 4 is 21.5 Å². The van der Waals surface area contributed by atoms with Crippen molar-refractivity contribution in [1.82, 2.24) is 0 Å². The van der Waals surface area contributed by atoms with Crippen LogP contribution in [0.3, 0.4) is 0 Å². The lowest BCUT2D eigenvalue weighted by atomic mass is 10.1. The third kappa shape index (κ3) is 3.68. The lowest BCUT2D eigenvalue weighted by molar-refractivity contribution is 0.0525. The zero-order valence-electron chi connectivity index (χ0n) is 11.3. The van der Waals surface area contributed by atoms with Gasteiger partial charge in [-0.15, -0.1) is 0 Å². The van der Waals surface area contributed by atoms with Gasteiger partial charge < -0.3 is 4.74 Å². The molecule has 1 rings (SSSR count). The van der Waals surface area contributed by atoms with Gasteiger partial charge in [-0.25, -0.2) is 13.2 Å². The van der Waals surface area contributed by atoms with Crippen LogP contribution < -0.4 is 5.48 Å². The number of esters is 1. The first-order valence-corrected chi connectivity index (χ1v) is 7.51. The Hall–Kier alpha value is -1.60. The third-order valence-corrected chi connectivity index (χ3v) is 3.52. The predicted octanol–water partition coefficient (Wildman–Crippen LogP) is 1.55. The number of aryl methyl sites for hydroxylation is 1. The molecule has 0 saturated heterocycles. The molecule has 0 aliphatic rings. The average molecular weight is 287 g/mol. The highest BCUT2D eigenvalue weighted by Gasteiger charge is 2.20. The van der Waals surface area contributed by atoms with Crippen LogP contribution in [0.5, 0.6) is 0 Å². The Bertz CT molecular complexity index is 580. The molecule has 19 heavy (non-hydrogen) atoms. The monoisotopic (exact) mass is 287 g/mol. The van der Waals surface area contributed by atoms with Crippen molar-refractivity contribution in [2.75, 3.05) is 25.5 Å². The van der Waals surface area contributed by atoms with E-state index < -0.39 is 15.8 Å². The fourth-order valence-corrected chi connectivity index (χ4v) is 2.36. The summed E-state index contributed by atoms with van der Waals surface area (Å²) in [6.45, 7) is 3.57. The predicted molar refractivity (Wildman–Crippen MR) is 70.9 cm³/mol. The van der Waals surface area contributed by atoms with Gasteiger partial charge in [0, 0.05) is 6.26 Å². The summed E-state index contributed by atoms with van der Waals surface area (Å²) >= 11 is 0. The van der Waals surface area contributed by atoms with E-state index in [-0.39, 0.29) is 22.8 Å². The number of sulfone groups is 1. The lowest BCUT2D eigenvalue weighted by Crippen LogP contribution is -2.13. The molecule has 7 heteroatoms. The molecule has 0 atom stereocenters. The van der Waals surface area contributed by atoms with Crippen LogP contribution in [0.15, 0.2) is 17.0 Å². The maximum absolute atomic E-state index is 11.9. The fraction of sp³-hybridized carbons (Fsp3) is 0.417. The molecule has 0 saturated carbocycles. The highest BCUT2D eigenvalue weighted by Crippen LogP contribution is 2.25. The summed E-state index contributed by atoms with van der Waals surface area (Å²) in [4.78, 5) is 16.7. The summed E-state index contributed by atoms with van der Waals surface area (Å²) in [7, 11) is -2.00. The molecule has 0 heterocycles. The highest BCUT2D eigenvalue weighted by molar-refractivity contribution is 7.90. The molecule has 0 aromatic heterocycles. The Kier molecular flexibility index (Phi) is 4.90. The number of hydrogen-bond acceptors (Lipinski definition) is 6. The summed E-state index contributed by atoms with van der Waals surface area (Å²) in [6.07, 6.45) is 1.10. The zero-order valence-corrected chi connectivity index (χ0v) is 12.1. The fourth-order valence-electron chi connectivity index (χ4n) is 1.63. The summed E-state index contributed by atoms with van der Waals surface area (Å²) in [6, 6.07) is 2.78. The molecule has 1 N–H and O–H groups in total. The quantitative estimate of drug-likeness (QED) is 0.653. The summed E-state index contributed by atoms with van der Waals surface area (Å²) in [5.41, 5.74) is 3.53. The Morgan fingerprint density at radius 1 is 1.37 bits per heavy atom. The van der Waals surface area contributed by atoms with Gasteiger partial charge in [0.05, 0.1) is 29.9 Å². The second kappa shape index (κ2) is 6.03. The Morgan fingerprint density at radius 3 is 2.47 bits per heavy atom. The van der Waals surface area contributed by atoms with Gasteiger partial charge in [-0.2, -0.15) is 0 Å². The number of anilines is 1. The van der Waals surface area contributed by atoms with Gasteiger partial charge in [0.25, 0.3) is 0 Å². The molecule has 1 aromatic carbocycles. The largest absolute Gasteiger partial charge is 0.462 e. The number of ether oxygens (including phenoxy) is 1. The Morgan fingerprint density at radius 2 is 2.00 bits per heavy atom. The van der Waals surface area contributed by atoms with E-state index in [1.807, 2.05) is 0 Å². The minimum absolute atomic E-state index is 0.109. The van der Waals surface area contributed by atoms with Gasteiger partial charge in [0.2, 0.25) is 0 Å². The third-order valence-electron chi connectivity index (χ3n) is 2.43. The number of rotatable bonds is 5. The molecule has 0 fully saturated rings. The molecule has 0 unspecified atom stereocenters. The Balaban J connectivity index is 3.43. The van der Waals surface area contributed by atoms with E-state index in [4.69, 9.17) is 9.57 Å². The van der Waals surface area contributed by atoms with Crippen LogP contribution in [0, 0.1) is 6.92 Å². The van der Waals surface area contributed by atoms with Gasteiger partial charge in [-0.05, 0) is 31.5 Å². The Labute approximate surface area is 112 Å². The van der Waals surface area contributed by atoms with E-state index in [2.05, 4.69) is 5.48 Å². The number of nitrogens with one attached hydrogen (secondary N) is 1. The molecule has 6 nitrogen and oxygen atoms in total. The molecule has 0 aliphatic carbocycles. The molecule has 0 aliphatic heterocycles. The molecular formula is C12H17NO5S. The van der Waals surface area contributed by atoms with Crippen LogP contribution in [0.4, 0.5) is 5.69 Å². The number of benzene rings is 1. The summed E-state index contributed by atoms with van der Waals surface area (Å²) in [5, 5.41) is 0. The maximum Gasteiger partial charge on any atom is 0.340 e. The van der Waals surface area contributed by atoms with Crippen molar-refractivity contribution in [3.63, 3.8) is 0 Å². The van der Waals surface area contributed by atoms with Gasteiger partial charge in [0.15, 0.2) is 9.84 Å². The standard InChI is InChI=1S/C12H17NO5S/c1-5-18-12(14)11-8(2)6-9(19(4,15)16)7-10(11)13-17-3/h6-7,13H,5H2,1-4H3. The molecule has 0 spiro atoms. The van der Waals surface area contributed by atoms with Crippen molar-refractivity contribution in [1.29, 1.82) is 0 Å². The van der Waals surface area contributed by atoms with Gasteiger partial charge in [0.1, 0.15) is 0 Å². The number of carbonyl (C=O) groups excluding carboxylic acids is 1. The molecule has 0 radical (unpaired) electrons. The van der Waals surface area contributed by atoms with Crippen molar-refractivity contribution in [2.24, 2.45) is 0 Å². The van der Waals surface area contributed by atoms with Crippen LogP contribution in [0.1, 0.15) is 22.8 Å². The minimum atomic E-state index is -3.37. The van der Waals surface area contributed by atoms with Crippen LogP contribution in [-0.2, 0) is 19.4 Å². The van der Waals surface area contributed by atoms with Crippen LogP contribution in [0.25, 0.3) is 0 Å². The number of carbonyl (C=O) groups is 1. The first-order valence-electron chi connectivity index (χ1n) is 5.62. The number of hydrogen-bond donors (Lipinski definition) is 1. The van der Waals surface area contributed by atoms with Crippen LogP contribution in [0.2, 0.25) is 0 Å². The average Bonchev–Trinajstić information content (AvgIpc) is 2.27. The first kappa shape index (κ1) is 15.5. The van der Waals surface area contributed by atoms with E-state index in [1.165, 1.54) is 19.2 Å². The summed E-state index contributed by atoms with van der Waals surface area (Å²) in [5.74, 6) is -0.528. The van der Waals surface area contributed by atoms with E-state index in [0.717, 1.165) is 6.26 Å². The molecule has 106 valence electrons. The van der Waals surface area contributed by atoms with Gasteiger partial charge >= 0.3 is 5.97 Å². The SMILES string of the molecule is CCOC(=O)c1c(C)cc(S(C)(=O)=O)cc1NOC. The second-order valence-corrected chi connectivity index (χ2v) is 5.98.